The summed E-state index contributed by atoms with van der Waals surface area (Å²) in [5.74, 6) is 0.897. The topological polar surface area (TPSA) is 21.7 Å². The molecule has 3 nitrogen and oxygen atoms in total. The van der Waals surface area contributed by atoms with Gasteiger partial charge in [0, 0.05) is 26.7 Å². The molecule has 0 N–H and O–H groups in total. The second-order valence-electron chi connectivity index (χ2n) is 5.89. The van der Waals surface area contributed by atoms with Gasteiger partial charge in [0.2, 0.25) is 0 Å². The third-order valence-electron chi connectivity index (χ3n) is 4.24. The lowest BCUT2D eigenvalue weighted by atomic mass is 10.2. The molecule has 1 heterocycles. The van der Waals surface area contributed by atoms with Crippen molar-refractivity contribution in [3.8, 4) is 5.75 Å². The predicted octanol–water partition coefficient (Wildman–Crippen LogP) is 4.25. The van der Waals surface area contributed by atoms with Crippen LogP contribution in [0.3, 0.4) is 0 Å². The van der Waals surface area contributed by atoms with E-state index in [1.165, 1.54) is 11.1 Å². The highest BCUT2D eigenvalue weighted by molar-refractivity contribution is 9.10. The molecule has 1 aliphatic rings. The fourth-order valence-electron chi connectivity index (χ4n) is 2.90. The summed E-state index contributed by atoms with van der Waals surface area (Å²) in [5.41, 5.74) is 2.43. The van der Waals surface area contributed by atoms with Crippen LogP contribution >= 0.6 is 15.9 Å². The van der Waals surface area contributed by atoms with Gasteiger partial charge < -0.3 is 9.47 Å². The van der Waals surface area contributed by atoms with E-state index in [-0.39, 0.29) is 0 Å². The number of ether oxygens (including phenoxy) is 2. The summed E-state index contributed by atoms with van der Waals surface area (Å²) in [6.45, 7) is 3.58. The van der Waals surface area contributed by atoms with Gasteiger partial charge in [0.25, 0.3) is 0 Å². The lowest BCUT2D eigenvalue weighted by molar-refractivity contribution is 0.107. The Bertz CT molecular complexity index is 633. The summed E-state index contributed by atoms with van der Waals surface area (Å²) < 4.78 is 12.5. The van der Waals surface area contributed by atoms with Crippen molar-refractivity contribution in [1.29, 1.82) is 0 Å². The molecule has 122 valence electrons. The Labute approximate surface area is 146 Å². The highest BCUT2D eigenvalue weighted by Gasteiger charge is 2.22. The van der Waals surface area contributed by atoms with Gasteiger partial charge in [-0.2, -0.15) is 0 Å². The van der Waals surface area contributed by atoms with Gasteiger partial charge in [-0.1, -0.05) is 42.5 Å². The first-order chi connectivity index (χ1) is 11.3. The van der Waals surface area contributed by atoms with Gasteiger partial charge in [0.05, 0.1) is 10.6 Å². The zero-order valence-electron chi connectivity index (χ0n) is 13.4. The van der Waals surface area contributed by atoms with Crippen LogP contribution in [0.15, 0.2) is 53.0 Å². The van der Waals surface area contributed by atoms with Crippen molar-refractivity contribution < 1.29 is 9.47 Å². The molecule has 4 heteroatoms. The first kappa shape index (κ1) is 16.5. The van der Waals surface area contributed by atoms with E-state index in [9.17, 15) is 0 Å². The number of likely N-dealkylation sites (tertiary alicyclic amines) is 1. The zero-order valence-corrected chi connectivity index (χ0v) is 15.0. The first-order valence-electron chi connectivity index (χ1n) is 7.95. The van der Waals surface area contributed by atoms with Crippen molar-refractivity contribution in [3.05, 3.63) is 64.1 Å². The third kappa shape index (κ3) is 4.34. The first-order valence-corrected chi connectivity index (χ1v) is 8.75. The minimum atomic E-state index is 0.367. The fraction of sp³-hybridized carbons (Fsp3) is 0.368. The van der Waals surface area contributed by atoms with E-state index in [1.54, 1.807) is 7.11 Å². The van der Waals surface area contributed by atoms with E-state index in [0.29, 0.717) is 12.7 Å². The molecule has 0 bridgehead atoms. The maximum atomic E-state index is 5.98. The van der Waals surface area contributed by atoms with Gasteiger partial charge in [-0.3, -0.25) is 4.90 Å². The van der Waals surface area contributed by atoms with Crippen molar-refractivity contribution in [2.75, 3.05) is 20.2 Å². The summed E-state index contributed by atoms with van der Waals surface area (Å²) in [5, 5.41) is 0. The normalized spacial score (nSPS) is 18.3. The van der Waals surface area contributed by atoms with Gasteiger partial charge in [-0.05, 0) is 39.5 Å². The van der Waals surface area contributed by atoms with Crippen LogP contribution < -0.4 is 4.74 Å². The van der Waals surface area contributed by atoms with Crippen molar-refractivity contribution >= 4 is 15.9 Å². The average Bonchev–Trinajstić information content (AvgIpc) is 3.04. The molecule has 23 heavy (non-hydrogen) atoms. The number of hydrogen-bond donors (Lipinski definition) is 0. The van der Waals surface area contributed by atoms with Crippen molar-refractivity contribution in [1.82, 2.24) is 4.90 Å². The molecule has 0 aliphatic carbocycles. The maximum Gasteiger partial charge on any atom is 0.134 e. The quantitative estimate of drug-likeness (QED) is 0.753. The molecule has 0 radical (unpaired) electrons. The number of nitrogens with zero attached hydrogens (tertiary/aromatic N) is 1. The van der Waals surface area contributed by atoms with Crippen LogP contribution in [0.5, 0.6) is 5.75 Å². The van der Waals surface area contributed by atoms with Crippen LogP contribution in [-0.4, -0.2) is 31.2 Å². The van der Waals surface area contributed by atoms with Crippen LogP contribution in [-0.2, 0) is 17.9 Å². The van der Waals surface area contributed by atoms with Gasteiger partial charge in [0.15, 0.2) is 0 Å². The molecular weight excluding hydrogens is 354 g/mol. The fourth-order valence-corrected chi connectivity index (χ4v) is 3.40. The molecule has 2 aromatic rings. The van der Waals surface area contributed by atoms with Gasteiger partial charge >= 0.3 is 0 Å². The highest BCUT2D eigenvalue weighted by atomic mass is 79.9. The molecular formula is C19H22BrNO2. The minimum Gasteiger partial charge on any atom is -0.488 e. The predicted molar refractivity (Wildman–Crippen MR) is 95.6 cm³/mol. The summed E-state index contributed by atoms with van der Waals surface area (Å²) in [4.78, 5) is 2.43. The lowest BCUT2D eigenvalue weighted by Gasteiger charge is -2.18. The van der Waals surface area contributed by atoms with Crippen molar-refractivity contribution in [2.24, 2.45) is 0 Å². The van der Waals surface area contributed by atoms with E-state index < -0.39 is 0 Å². The summed E-state index contributed by atoms with van der Waals surface area (Å²) >= 11 is 3.71. The monoisotopic (exact) mass is 375 g/mol. The van der Waals surface area contributed by atoms with Crippen LogP contribution in [0.25, 0.3) is 0 Å². The Hall–Kier alpha value is -1.36. The van der Waals surface area contributed by atoms with E-state index in [1.807, 2.05) is 24.3 Å². The molecule has 1 saturated heterocycles. The molecule has 1 unspecified atom stereocenters. The number of benzene rings is 2. The minimum absolute atomic E-state index is 0.367. The number of halogens is 1. The highest BCUT2D eigenvalue weighted by Crippen LogP contribution is 2.31. The van der Waals surface area contributed by atoms with Crippen molar-refractivity contribution in [3.63, 3.8) is 0 Å². The average molecular weight is 376 g/mol. The zero-order chi connectivity index (χ0) is 16.1. The Morgan fingerprint density at radius 3 is 2.70 bits per heavy atom. The van der Waals surface area contributed by atoms with E-state index in [4.69, 9.17) is 9.47 Å². The standard InChI is InChI=1S/C19H22BrNO2/c1-22-17-10-11-21(13-17)12-16-8-5-9-18(19(16)20)23-14-15-6-3-2-4-7-15/h2-9,17H,10-14H2,1H3. The molecule has 1 atom stereocenters. The van der Waals surface area contributed by atoms with E-state index >= 15 is 0 Å². The third-order valence-corrected chi connectivity index (χ3v) is 5.14. The van der Waals surface area contributed by atoms with E-state index in [2.05, 4.69) is 45.1 Å². The van der Waals surface area contributed by atoms with Gasteiger partial charge in [0.1, 0.15) is 12.4 Å². The molecule has 0 amide bonds. The van der Waals surface area contributed by atoms with Crippen LogP contribution in [0.4, 0.5) is 0 Å². The summed E-state index contributed by atoms with van der Waals surface area (Å²) in [6, 6.07) is 16.5. The second-order valence-corrected chi connectivity index (χ2v) is 6.68. The Morgan fingerprint density at radius 1 is 1.13 bits per heavy atom. The van der Waals surface area contributed by atoms with Gasteiger partial charge in [-0.15, -0.1) is 0 Å². The smallest absolute Gasteiger partial charge is 0.134 e. The van der Waals surface area contributed by atoms with Crippen LogP contribution in [0, 0.1) is 0 Å². The van der Waals surface area contributed by atoms with Gasteiger partial charge in [-0.25, -0.2) is 0 Å². The molecule has 2 aromatic carbocycles. The summed E-state index contributed by atoms with van der Waals surface area (Å²) in [6.07, 6.45) is 1.48. The second kappa shape index (κ2) is 7.95. The molecule has 3 rings (SSSR count). The molecule has 1 fully saturated rings. The Balaban J connectivity index is 1.64. The van der Waals surface area contributed by atoms with E-state index in [0.717, 1.165) is 36.3 Å². The molecule has 0 aromatic heterocycles. The molecule has 0 spiro atoms. The number of hydrogen-bond acceptors (Lipinski definition) is 3. The number of rotatable bonds is 6. The summed E-state index contributed by atoms with van der Waals surface area (Å²) in [7, 11) is 1.79. The lowest BCUT2D eigenvalue weighted by Crippen LogP contribution is -2.22. The maximum absolute atomic E-state index is 5.98. The van der Waals surface area contributed by atoms with Crippen LogP contribution in [0.1, 0.15) is 17.5 Å². The van der Waals surface area contributed by atoms with Crippen LogP contribution in [0.2, 0.25) is 0 Å². The Kier molecular flexibility index (Phi) is 5.70. The van der Waals surface area contributed by atoms with Crippen molar-refractivity contribution in [2.45, 2.75) is 25.7 Å². The number of methoxy groups -OCH3 is 1. The molecule has 1 aliphatic heterocycles. The SMILES string of the molecule is COC1CCN(Cc2cccc(OCc3ccccc3)c2Br)C1. The Morgan fingerprint density at radius 2 is 1.96 bits per heavy atom. The largest absolute Gasteiger partial charge is 0.488 e. The molecule has 0 saturated carbocycles.